The molecule has 0 aromatic heterocycles. The molecule has 1 aliphatic heterocycles. The molecule has 32 heavy (non-hydrogen) atoms. The van der Waals surface area contributed by atoms with E-state index in [2.05, 4.69) is 24.3 Å². The van der Waals surface area contributed by atoms with E-state index in [1.165, 1.54) is 4.90 Å². The third kappa shape index (κ3) is 3.38. The zero-order chi connectivity index (χ0) is 22.2. The maximum absolute atomic E-state index is 12.9. The minimum Gasteiger partial charge on any atom is -0.481 e. The van der Waals surface area contributed by atoms with Gasteiger partial charge in [0.25, 0.3) is 0 Å². The van der Waals surface area contributed by atoms with Crippen LogP contribution in [0.2, 0.25) is 0 Å². The van der Waals surface area contributed by atoms with Crippen LogP contribution in [0.3, 0.4) is 0 Å². The van der Waals surface area contributed by atoms with Gasteiger partial charge in [-0.05, 0) is 33.9 Å². The molecule has 1 saturated heterocycles. The summed E-state index contributed by atoms with van der Waals surface area (Å²) in [5, 5.41) is 9.74. The first-order valence-electron chi connectivity index (χ1n) is 10.7. The molecule has 0 radical (unpaired) electrons. The van der Waals surface area contributed by atoms with Crippen LogP contribution >= 0.6 is 0 Å². The molecule has 0 spiro atoms. The van der Waals surface area contributed by atoms with Crippen molar-refractivity contribution < 1.29 is 19.4 Å². The van der Waals surface area contributed by atoms with E-state index in [9.17, 15) is 14.7 Å². The number of nitrogens with two attached hydrogens (primary N) is 1. The summed E-state index contributed by atoms with van der Waals surface area (Å²) in [6, 6.07) is 23.5. The summed E-state index contributed by atoms with van der Waals surface area (Å²) in [6.45, 7) is 0.575. The van der Waals surface area contributed by atoms with E-state index in [-0.39, 0.29) is 31.5 Å². The van der Waals surface area contributed by atoms with Crippen LogP contribution in [0.5, 0.6) is 0 Å². The number of carbonyl (C=O) groups is 2. The van der Waals surface area contributed by atoms with Crippen molar-refractivity contribution in [3.63, 3.8) is 0 Å². The number of anilines is 1. The van der Waals surface area contributed by atoms with Gasteiger partial charge in [-0.2, -0.15) is 0 Å². The standard InChI is InChI=1S/C26H24N2O4/c27-24-12-6-5-11-20(24)21-13-28(14-22(21)25(29)30)26(31)32-15-23-18-9-3-1-7-16(18)17-8-2-4-10-19(17)23/h1-12,21-23H,13-15,27H2,(H,29,30)/t21-,22+/m0/s1. The van der Waals surface area contributed by atoms with E-state index in [4.69, 9.17) is 10.5 Å². The number of benzene rings is 3. The predicted molar refractivity (Wildman–Crippen MR) is 121 cm³/mol. The van der Waals surface area contributed by atoms with Gasteiger partial charge in [0.1, 0.15) is 6.61 Å². The van der Waals surface area contributed by atoms with Gasteiger partial charge < -0.3 is 20.5 Å². The molecule has 6 nitrogen and oxygen atoms in total. The van der Waals surface area contributed by atoms with Crippen LogP contribution in [0.15, 0.2) is 72.8 Å². The number of ether oxygens (including phenoxy) is 1. The van der Waals surface area contributed by atoms with Crippen LogP contribution < -0.4 is 5.73 Å². The first-order valence-corrected chi connectivity index (χ1v) is 10.7. The molecule has 0 unspecified atom stereocenters. The maximum Gasteiger partial charge on any atom is 0.409 e. The molecule has 5 rings (SSSR count). The highest BCUT2D eigenvalue weighted by atomic mass is 16.6. The lowest BCUT2D eigenvalue weighted by Crippen LogP contribution is -2.31. The number of fused-ring (bicyclic) bond motifs is 3. The summed E-state index contributed by atoms with van der Waals surface area (Å²) in [7, 11) is 0. The first kappa shape index (κ1) is 20.1. The summed E-state index contributed by atoms with van der Waals surface area (Å²) < 4.78 is 5.73. The Morgan fingerprint density at radius 1 is 0.875 bits per heavy atom. The van der Waals surface area contributed by atoms with Gasteiger partial charge in [0.15, 0.2) is 0 Å². The number of carboxylic acid groups (broad SMARTS) is 1. The van der Waals surface area contributed by atoms with Crippen molar-refractivity contribution in [1.82, 2.24) is 4.90 Å². The second-order valence-electron chi connectivity index (χ2n) is 8.39. The van der Waals surface area contributed by atoms with E-state index in [0.717, 1.165) is 27.8 Å². The molecule has 162 valence electrons. The number of hydrogen-bond donors (Lipinski definition) is 2. The van der Waals surface area contributed by atoms with Gasteiger partial charge in [0, 0.05) is 30.6 Å². The molecule has 2 atom stereocenters. The molecule has 6 heteroatoms. The summed E-state index contributed by atoms with van der Waals surface area (Å²) in [4.78, 5) is 26.3. The first-order chi connectivity index (χ1) is 15.5. The number of hydrogen-bond acceptors (Lipinski definition) is 4. The Hall–Kier alpha value is -3.80. The van der Waals surface area contributed by atoms with Crippen molar-refractivity contribution >= 4 is 17.7 Å². The zero-order valence-corrected chi connectivity index (χ0v) is 17.5. The lowest BCUT2D eigenvalue weighted by atomic mass is 9.88. The third-order valence-corrected chi connectivity index (χ3v) is 6.63. The van der Waals surface area contributed by atoms with Crippen molar-refractivity contribution in [2.45, 2.75) is 11.8 Å². The van der Waals surface area contributed by atoms with Gasteiger partial charge >= 0.3 is 12.1 Å². The molecule has 1 heterocycles. The smallest absolute Gasteiger partial charge is 0.409 e. The number of aliphatic carboxylic acids is 1. The van der Waals surface area contributed by atoms with Crippen molar-refractivity contribution in [2.75, 3.05) is 25.4 Å². The largest absolute Gasteiger partial charge is 0.481 e. The number of nitrogen functional groups attached to an aromatic ring is 1. The topological polar surface area (TPSA) is 92.9 Å². The third-order valence-electron chi connectivity index (χ3n) is 6.63. The Labute approximate surface area is 186 Å². The number of carboxylic acids is 1. The Kier molecular flexibility index (Phi) is 5.05. The highest BCUT2D eigenvalue weighted by molar-refractivity contribution is 5.79. The van der Waals surface area contributed by atoms with Crippen LogP contribution in [0.25, 0.3) is 11.1 Å². The van der Waals surface area contributed by atoms with Crippen molar-refractivity contribution in [3.05, 3.63) is 89.5 Å². The number of likely N-dealkylation sites (tertiary alicyclic amines) is 1. The van der Waals surface area contributed by atoms with E-state index in [0.29, 0.717) is 5.69 Å². The predicted octanol–water partition coefficient (Wildman–Crippen LogP) is 4.32. The summed E-state index contributed by atoms with van der Waals surface area (Å²) >= 11 is 0. The Bertz CT molecular complexity index is 1150. The van der Waals surface area contributed by atoms with E-state index in [1.807, 2.05) is 42.5 Å². The van der Waals surface area contributed by atoms with Crippen LogP contribution in [0.1, 0.15) is 28.5 Å². The Balaban J connectivity index is 1.33. The van der Waals surface area contributed by atoms with Gasteiger partial charge in [-0.15, -0.1) is 0 Å². The molecular formula is C26H24N2O4. The quantitative estimate of drug-likeness (QED) is 0.604. The number of para-hydroxylation sites is 1. The monoisotopic (exact) mass is 428 g/mol. The number of nitrogens with zero attached hydrogens (tertiary/aromatic N) is 1. The molecule has 0 bridgehead atoms. The fourth-order valence-corrected chi connectivity index (χ4v) is 5.05. The SMILES string of the molecule is Nc1ccccc1[C@@H]1CN(C(=O)OCC2c3ccccc3-c3ccccc32)C[C@H]1C(=O)O. The highest BCUT2D eigenvalue weighted by Gasteiger charge is 2.42. The van der Waals surface area contributed by atoms with E-state index in [1.54, 1.807) is 6.07 Å². The highest BCUT2D eigenvalue weighted by Crippen LogP contribution is 2.44. The van der Waals surface area contributed by atoms with Crippen molar-refractivity contribution in [1.29, 1.82) is 0 Å². The number of rotatable bonds is 4. The maximum atomic E-state index is 12.9. The van der Waals surface area contributed by atoms with Gasteiger partial charge in [-0.1, -0.05) is 66.7 Å². The second kappa shape index (κ2) is 8.04. The van der Waals surface area contributed by atoms with Crippen LogP contribution in [-0.4, -0.2) is 41.8 Å². The average Bonchev–Trinajstić information content (AvgIpc) is 3.38. The average molecular weight is 428 g/mol. The Morgan fingerprint density at radius 3 is 2.03 bits per heavy atom. The molecule has 1 amide bonds. The normalized spacial score (nSPS) is 19.4. The van der Waals surface area contributed by atoms with Gasteiger partial charge in [0.2, 0.25) is 0 Å². The van der Waals surface area contributed by atoms with Gasteiger partial charge in [0.05, 0.1) is 5.92 Å². The molecule has 1 fully saturated rings. The molecule has 1 aliphatic carbocycles. The number of carbonyl (C=O) groups excluding carboxylic acids is 1. The number of amides is 1. The minimum atomic E-state index is -0.938. The van der Waals surface area contributed by atoms with Crippen molar-refractivity contribution in [2.24, 2.45) is 5.92 Å². The molecule has 3 aromatic rings. The summed E-state index contributed by atoms with van der Waals surface area (Å²) in [5.74, 6) is -2.06. The van der Waals surface area contributed by atoms with E-state index < -0.39 is 18.0 Å². The lowest BCUT2D eigenvalue weighted by molar-refractivity contribution is -0.141. The molecular weight excluding hydrogens is 404 g/mol. The molecule has 0 saturated carbocycles. The van der Waals surface area contributed by atoms with Gasteiger partial charge in [-0.3, -0.25) is 4.79 Å². The second-order valence-corrected chi connectivity index (χ2v) is 8.39. The van der Waals surface area contributed by atoms with E-state index >= 15 is 0 Å². The van der Waals surface area contributed by atoms with Crippen LogP contribution in [-0.2, 0) is 9.53 Å². The lowest BCUT2D eigenvalue weighted by Gasteiger charge is -2.19. The summed E-state index contributed by atoms with van der Waals surface area (Å²) in [5.41, 5.74) is 12.0. The molecule has 3 aromatic carbocycles. The molecule has 2 aliphatic rings. The molecule has 3 N–H and O–H groups in total. The van der Waals surface area contributed by atoms with Crippen molar-refractivity contribution in [3.8, 4) is 11.1 Å². The fourth-order valence-electron chi connectivity index (χ4n) is 5.05. The fraction of sp³-hybridized carbons (Fsp3) is 0.231. The van der Waals surface area contributed by atoms with Gasteiger partial charge in [-0.25, -0.2) is 4.79 Å². The van der Waals surface area contributed by atoms with Crippen LogP contribution in [0.4, 0.5) is 10.5 Å². The Morgan fingerprint density at radius 2 is 1.44 bits per heavy atom. The zero-order valence-electron chi connectivity index (χ0n) is 17.5. The van der Waals surface area contributed by atoms with Crippen LogP contribution in [0, 0.1) is 5.92 Å². The summed E-state index contributed by atoms with van der Waals surface area (Å²) in [6.07, 6.45) is -0.491. The minimum absolute atomic E-state index is 0.0372.